The number of hydrogen-bond donors (Lipinski definition) is 1. The molecule has 0 radical (unpaired) electrons. The van der Waals surface area contributed by atoms with Crippen LogP contribution in [0.5, 0.6) is 0 Å². The van der Waals surface area contributed by atoms with Crippen molar-refractivity contribution in [3.63, 3.8) is 0 Å². The number of anilines is 1. The van der Waals surface area contributed by atoms with Gasteiger partial charge in [-0.2, -0.15) is 0 Å². The maximum Gasteiger partial charge on any atom is 0.269 e. The molecule has 27 heavy (non-hydrogen) atoms. The number of hydrogen-bond acceptors (Lipinski definition) is 5. The average molecular weight is 472 g/mol. The first kappa shape index (κ1) is 17.6. The van der Waals surface area contributed by atoms with Gasteiger partial charge in [0.15, 0.2) is 0 Å². The number of nitrogens with one attached hydrogen (secondary N) is 1. The highest BCUT2D eigenvalue weighted by molar-refractivity contribution is 14.1. The van der Waals surface area contributed by atoms with E-state index in [1.54, 1.807) is 22.1 Å². The lowest BCUT2D eigenvalue weighted by atomic mass is 10.2. The molecular weight excluding hydrogens is 457 g/mol. The maximum absolute atomic E-state index is 10.9. The Balaban J connectivity index is 1.73. The first-order valence-electron chi connectivity index (χ1n) is 8.24. The van der Waals surface area contributed by atoms with Crippen LogP contribution in [0.3, 0.4) is 0 Å². The summed E-state index contributed by atoms with van der Waals surface area (Å²) >= 11 is 2.26. The Morgan fingerprint density at radius 1 is 1.00 bits per heavy atom. The van der Waals surface area contributed by atoms with Crippen LogP contribution < -0.4 is 10.5 Å². The summed E-state index contributed by atoms with van der Waals surface area (Å²) in [4.78, 5) is 12.3. The Kier molecular flexibility index (Phi) is 4.82. The fourth-order valence-corrected chi connectivity index (χ4v) is 3.15. The predicted molar refractivity (Wildman–Crippen MR) is 109 cm³/mol. The third-order valence-electron chi connectivity index (χ3n) is 4.14. The summed E-state index contributed by atoms with van der Waals surface area (Å²) in [6, 6.07) is 24.3. The van der Waals surface area contributed by atoms with Crippen molar-refractivity contribution in [2.24, 2.45) is 5.11 Å². The lowest BCUT2D eigenvalue weighted by molar-refractivity contribution is -0.517. The van der Waals surface area contributed by atoms with Crippen LogP contribution in [-0.4, -0.2) is 9.73 Å². The van der Waals surface area contributed by atoms with Gasteiger partial charge in [-0.25, -0.2) is 0 Å². The van der Waals surface area contributed by atoms with Crippen molar-refractivity contribution in [2.45, 2.75) is 6.17 Å². The number of rotatable bonds is 4. The number of hydrazine groups is 2. The minimum atomic E-state index is -0.408. The van der Waals surface area contributed by atoms with Gasteiger partial charge < -0.3 is 0 Å². The highest BCUT2D eigenvalue weighted by atomic mass is 127. The molecule has 4 rings (SSSR count). The SMILES string of the molecule is O=[N+]([O-])c1ccc(N2NC(c3ccccc3)N=[N+]2c2ccc(I)cc2)cc1. The molecule has 8 heteroatoms. The van der Waals surface area contributed by atoms with E-state index in [0.717, 1.165) is 20.5 Å². The molecule has 1 atom stereocenters. The Morgan fingerprint density at radius 3 is 2.30 bits per heavy atom. The Labute approximate surface area is 169 Å². The quantitative estimate of drug-likeness (QED) is 0.253. The number of nitrogens with zero attached hydrogens (tertiary/aromatic N) is 4. The zero-order valence-corrected chi connectivity index (χ0v) is 16.2. The molecule has 1 aliphatic heterocycles. The molecule has 0 bridgehead atoms. The summed E-state index contributed by atoms with van der Waals surface area (Å²) in [5.41, 5.74) is 6.07. The van der Waals surface area contributed by atoms with E-state index in [0.29, 0.717) is 0 Å². The van der Waals surface area contributed by atoms with Crippen molar-refractivity contribution in [2.75, 3.05) is 5.12 Å². The van der Waals surface area contributed by atoms with Crippen LogP contribution in [-0.2, 0) is 0 Å². The van der Waals surface area contributed by atoms with Crippen molar-refractivity contribution in [1.82, 2.24) is 5.43 Å². The zero-order valence-electron chi connectivity index (χ0n) is 14.1. The van der Waals surface area contributed by atoms with Crippen molar-refractivity contribution in [3.8, 4) is 0 Å². The van der Waals surface area contributed by atoms with E-state index in [1.165, 1.54) is 12.1 Å². The topological polar surface area (TPSA) is 73.8 Å². The smallest absolute Gasteiger partial charge is 0.258 e. The van der Waals surface area contributed by atoms with Crippen LogP contribution in [0.2, 0.25) is 0 Å². The number of nitro groups is 1. The number of non-ortho nitro benzene ring substituents is 1. The third kappa shape index (κ3) is 3.67. The van der Waals surface area contributed by atoms with Crippen LogP contribution in [0.1, 0.15) is 11.7 Å². The van der Waals surface area contributed by atoms with Gasteiger partial charge in [-0.3, -0.25) is 10.1 Å². The molecule has 1 aliphatic rings. The van der Waals surface area contributed by atoms with E-state index in [-0.39, 0.29) is 11.9 Å². The zero-order chi connectivity index (χ0) is 18.8. The summed E-state index contributed by atoms with van der Waals surface area (Å²) in [5.74, 6) is 0. The van der Waals surface area contributed by atoms with Crippen molar-refractivity contribution in [3.05, 3.63) is 98.1 Å². The molecule has 0 fully saturated rings. The van der Waals surface area contributed by atoms with Gasteiger partial charge in [0.25, 0.3) is 11.4 Å². The van der Waals surface area contributed by atoms with E-state index in [9.17, 15) is 10.1 Å². The maximum atomic E-state index is 10.9. The van der Waals surface area contributed by atoms with Crippen LogP contribution in [0.15, 0.2) is 84.0 Å². The largest absolute Gasteiger partial charge is 0.269 e. The molecule has 3 aromatic carbocycles. The van der Waals surface area contributed by atoms with Gasteiger partial charge >= 0.3 is 0 Å². The molecule has 1 heterocycles. The first-order valence-corrected chi connectivity index (χ1v) is 9.32. The molecule has 1 N–H and O–H groups in total. The second-order valence-corrected chi connectivity index (χ2v) is 7.15. The van der Waals surface area contributed by atoms with Gasteiger partial charge in [-0.05, 0) is 57.5 Å². The molecule has 0 aliphatic carbocycles. The Hall–Kier alpha value is -2.85. The third-order valence-corrected chi connectivity index (χ3v) is 4.86. The normalized spacial score (nSPS) is 16.3. The fourth-order valence-electron chi connectivity index (χ4n) is 2.79. The van der Waals surface area contributed by atoms with Crippen LogP contribution in [0.4, 0.5) is 17.1 Å². The van der Waals surface area contributed by atoms with Gasteiger partial charge in [-0.15, -0.1) is 5.43 Å². The molecule has 0 amide bonds. The number of benzene rings is 3. The van der Waals surface area contributed by atoms with Crippen molar-refractivity contribution < 1.29 is 9.73 Å². The van der Waals surface area contributed by atoms with E-state index in [1.807, 2.05) is 54.6 Å². The van der Waals surface area contributed by atoms with Crippen LogP contribution in [0, 0.1) is 13.7 Å². The minimum Gasteiger partial charge on any atom is -0.258 e. The second-order valence-electron chi connectivity index (χ2n) is 5.91. The monoisotopic (exact) mass is 472 g/mol. The lowest BCUT2D eigenvalue weighted by Crippen LogP contribution is -2.38. The standard InChI is InChI=1S/C19H15IN5O2/c20-15-6-8-16(9-7-15)23-21-19(14-4-2-1-3-5-14)22-24(23)17-10-12-18(13-11-17)25(26)27/h1-13,19,22H/q+1. The summed E-state index contributed by atoms with van der Waals surface area (Å²) < 4.78 is 1.13. The average Bonchev–Trinajstić information content (AvgIpc) is 3.15. The number of halogens is 1. The summed E-state index contributed by atoms with van der Waals surface area (Å²) in [6.45, 7) is 0. The van der Waals surface area contributed by atoms with Gasteiger partial charge in [0.2, 0.25) is 6.17 Å². The molecule has 134 valence electrons. The van der Waals surface area contributed by atoms with E-state index < -0.39 is 4.92 Å². The van der Waals surface area contributed by atoms with Gasteiger partial charge in [0.1, 0.15) is 5.69 Å². The van der Waals surface area contributed by atoms with Crippen LogP contribution >= 0.6 is 22.6 Å². The Morgan fingerprint density at radius 2 is 1.67 bits per heavy atom. The highest BCUT2D eigenvalue weighted by Crippen LogP contribution is 2.30. The lowest BCUT2D eigenvalue weighted by Gasteiger charge is -2.13. The van der Waals surface area contributed by atoms with Gasteiger partial charge in [0.05, 0.1) is 9.73 Å². The molecule has 0 saturated heterocycles. The van der Waals surface area contributed by atoms with E-state index in [2.05, 4.69) is 28.0 Å². The van der Waals surface area contributed by atoms with Crippen molar-refractivity contribution in [1.29, 1.82) is 0 Å². The Bertz CT molecular complexity index is 991. The van der Waals surface area contributed by atoms with Gasteiger partial charge in [-0.1, -0.05) is 30.3 Å². The fraction of sp³-hybridized carbons (Fsp3) is 0.0526. The molecule has 0 spiro atoms. The van der Waals surface area contributed by atoms with E-state index >= 15 is 0 Å². The minimum absolute atomic E-state index is 0.0512. The van der Waals surface area contributed by atoms with Gasteiger partial charge in [0, 0.05) is 32.9 Å². The number of nitro benzene ring substituents is 1. The van der Waals surface area contributed by atoms with Crippen LogP contribution in [0.25, 0.3) is 0 Å². The molecule has 0 aromatic heterocycles. The molecule has 1 unspecified atom stereocenters. The predicted octanol–water partition coefficient (Wildman–Crippen LogP) is 4.93. The molecule has 7 nitrogen and oxygen atoms in total. The molecule has 0 saturated carbocycles. The first-order chi connectivity index (χ1) is 13.1. The summed E-state index contributed by atoms with van der Waals surface area (Å²) in [5, 5.41) is 17.5. The highest BCUT2D eigenvalue weighted by Gasteiger charge is 2.36. The molecular formula is C19H15IN5O2+. The number of azo groups is 1. The van der Waals surface area contributed by atoms with Crippen molar-refractivity contribution >= 4 is 39.7 Å². The summed E-state index contributed by atoms with van der Waals surface area (Å²) in [7, 11) is 0. The second kappa shape index (κ2) is 7.41. The van der Waals surface area contributed by atoms with E-state index in [4.69, 9.17) is 5.11 Å². The summed E-state index contributed by atoms with van der Waals surface area (Å²) in [6.07, 6.45) is -0.263. The molecule has 3 aromatic rings.